The third-order valence-electron chi connectivity index (χ3n) is 2.86. The predicted molar refractivity (Wildman–Crippen MR) is 79.6 cm³/mol. The van der Waals surface area contributed by atoms with Crippen LogP contribution in [0.1, 0.15) is 0 Å². The first-order valence-corrected chi connectivity index (χ1v) is 7.34. The Morgan fingerprint density at radius 3 is 2.47 bits per heavy atom. The van der Waals surface area contributed by atoms with E-state index in [-0.39, 0.29) is 5.43 Å². The summed E-state index contributed by atoms with van der Waals surface area (Å²) < 4.78 is 5.76. The van der Waals surface area contributed by atoms with Crippen LogP contribution in [0.3, 0.4) is 0 Å². The molecule has 3 aromatic rings. The van der Waals surface area contributed by atoms with Gasteiger partial charge in [0.15, 0.2) is 5.43 Å². The summed E-state index contributed by atoms with van der Waals surface area (Å²) in [5.41, 5.74) is 1.42. The fraction of sp³-hybridized carbons (Fsp3) is 0. The van der Waals surface area contributed by atoms with Gasteiger partial charge in [0, 0.05) is 16.5 Å². The van der Waals surface area contributed by atoms with E-state index < -0.39 is 0 Å². The normalized spacial score (nSPS) is 10.8. The molecule has 94 valence electrons. The van der Waals surface area contributed by atoms with Crippen molar-refractivity contribution >= 4 is 32.6 Å². The summed E-state index contributed by atoms with van der Waals surface area (Å²) >= 11 is 0. The van der Waals surface area contributed by atoms with Crippen molar-refractivity contribution in [3.05, 3.63) is 64.8 Å². The minimum atomic E-state index is -0.0346. The number of hydrogen-bond donors (Lipinski definition) is 0. The Hall–Kier alpha value is -1.71. The first-order chi connectivity index (χ1) is 9.28. The molecular formula is C15H9ClO2S. The summed E-state index contributed by atoms with van der Waals surface area (Å²) in [4.78, 5) is 13.0. The average molecular weight is 289 g/mol. The maximum absolute atomic E-state index is 12.0. The third-order valence-corrected chi connectivity index (χ3v) is 3.85. The topological polar surface area (TPSA) is 30.2 Å². The maximum Gasteiger partial charge on any atom is 0.193 e. The van der Waals surface area contributed by atoms with E-state index in [0.717, 1.165) is 21.4 Å². The van der Waals surface area contributed by atoms with E-state index in [4.69, 9.17) is 15.1 Å². The molecule has 0 saturated carbocycles. The van der Waals surface area contributed by atoms with Crippen LogP contribution in [0.5, 0.6) is 0 Å². The number of para-hydroxylation sites is 1. The number of benzene rings is 2. The van der Waals surface area contributed by atoms with Crippen LogP contribution >= 0.6 is 21.7 Å². The van der Waals surface area contributed by atoms with Gasteiger partial charge in [-0.3, -0.25) is 4.79 Å². The lowest BCUT2D eigenvalue weighted by atomic mass is 10.1. The lowest BCUT2D eigenvalue weighted by Crippen LogP contribution is -1.99. The van der Waals surface area contributed by atoms with Gasteiger partial charge in [0.1, 0.15) is 11.3 Å². The maximum atomic E-state index is 12.0. The van der Waals surface area contributed by atoms with Crippen molar-refractivity contribution in [2.75, 3.05) is 0 Å². The molecule has 2 nitrogen and oxygen atoms in total. The SMILES string of the molecule is O=c1cc(-c2ccc(SCl)cc2)oc2ccccc12. The molecule has 0 N–H and O–H groups in total. The molecule has 0 unspecified atom stereocenters. The molecule has 0 fully saturated rings. The van der Waals surface area contributed by atoms with E-state index in [1.165, 1.54) is 6.07 Å². The van der Waals surface area contributed by atoms with Crippen LogP contribution in [0.4, 0.5) is 0 Å². The molecule has 0 aliphatic heterocycles. The fourth-order valence-electron chi connectivity index (χ4n) is 1.92. The van der Waals surface area contributed by atoms with Crippen molar-refractivity contribution in [2.45, 2.75) is 4.90 Å². The van der Waals surface area contributed by atoms with Crippen LogP contribution < -0.4 is 5.43 Å². The summed E-state index contributed by atoms with van der Waals surface area (Å²) in [6, 6.07) is 16.3. The van der Waals surface area contributed by atoms with Gasteiger partial charge in [0.05, 0.1) is 5.39 Å². The Morgan fingerprint density at radius 2 is 1.74 bits per heavy atom. The van der Waals surface area contributed by atoms with Gasteiger partial charge < -0.3 is 4.42 Å². The van der Waals surface area contributed by atoms with Gasteiger partial charge in [-0.2, -0.15) is 0 Å². The predicted octanol–water partition coefficient (Wildman–Crippen LogP) is 4.71. The molecule has 0 spiro atoms. The molecule has 1 aromatic heterocycles. The minimum absolute atomic E-state index is 0.0346. The Kier molecular flexibility index (Phi) is 3.32. The monoisotopic (exact) mass is 288 g/mol. The van der Waals surface area contributed by atoms with Gasteiger partial charge in [-0.15, -0.1) is 0 Å². The molecular weight excluding hydrogens is 280 g/mol. The molecule has 4 heteroatoms. The van der Waals surface area contributed by atoms with Crippen molar-refractivity contribution in [2.24, 2.45) is 0 Å². The summed E-state index contributed by atoms with van der Waals surface area (Å²) in [6.45, 7) is 0. The number of fused-ring (bicyclic) bond motifs is 1. The first kappa shape index (κ1) is 12.3. The Balaban J connectivity index is 2.16. The summed E-state index contributed by atoms with van der Waals surface area (Å²) in [5.74, 6) is 0.565. The lowest BCUT2D eigenvalue weighted by molar-refractivity contribution is 0.619. The summed E-state index contributed by atoms with van der Waals surface area (Å²) in [7, 11) is 6.83. The van der Waals surface area contributed by atoms with Crippen molar-refractivity contribution in [3.8, 4) is 11.3 Å². The number of rotatable bonds is 2. The largest absolute Gasteiger partial charge is 0.456 e. The van der Waals surface area contributed by atoms with Crippen molar-refractivity contribution < 1.29 is 4.42 Å². The van der Waals surface area contributed by atoms with Crippen LogP contribution in [0.2, 0.25) is 0 Å². The highest BCUT2D eigenvalue weighted by Gasteiger charge is 2.06. The molecule has 0 atom stereocenters. The van der Waals surface area contributed by atoms with Crippen LogP contribution in [0.15, 0.2) is 68.7 Å². The second kappa shape index (κ2) is 5.11. The first-order valence-electron chi connectivity index (χ1n) is 5.70. The molecule has 0 aliphatic carbocycles. The van der Waals surface area contributed by atoms with E-state index in [2.05, 4.69) is 0 Å². The number of halogens is 1. The van der Waals surface area contributed by atoms with Crippen LogP contribution in [0.25, 0.3) is 22.3 Å². The zero-order chi connectivity index (χ0) is 13.2. The van der Waals surface area contributed by atoms with Crippen LogP contribution in [-0.2, 0) is 0 Å². The fourth-order valence-corrected chi connectivity index (χ4v) is 2.46. The molecule has 0 saturated heterocycles. The third kappa shape index (κ3) is 2.39. The summed E-state index contributed by atoms with van der Waals surface area (Å²) in [5, 5.41) is 0.596. The molecule has 0 radical (unpaired) electrons. The second-order valence-electron chi connectivity index (χ2n) is 4.07. The summed E-state index contributed by atoms with van der Waals surface area (Å²) in [6.07, 6.45) is 0. The molecule has 0 amide bonds. The molecule has 2 aromatic carbocycles. The van der Waals surface area contributed by atoms with Crippen molar-refractivity contribution in [1.82, 2.24) is 0 Å². The minimum Gasteiger partial charge on any atom is -0.456 e. The van der Waals surface area contributed by atoms with Crippen molar-refractivity contribution in [3.63, 3.8) is 0 Å². The number of hydrogen-bond acceptors (Lipinski definition) is 3. The van der Waals surface area contributed by atoms with Gasteiger partial charge in [0.2, 0.25) is 0 Å². The lowest BCUT2D eigenvalue weighted by Gasteiger charge is -2.03. The highest BCUT2D eigenvalue weighted by Crippen LogP contribution is 2.26. The van der Waals surface area contributed by atoms with E-state index in [1.807, 2.05) is 36.4 Å². The quantitative estimate of drug-likeness (QED) is 0.684. The van der Waals surface area contributed by atoms with E-state index in [1.54, 1.807) is 12.1 Å². The average Bonchev–Trinajstić information content (AvgIpc) is 2.47. The Bertz CT molecular complexity index is 778. The Labute approximate surface area is 118 Å². The molecule has 3 rings (SSSR count). The molecule has 0 aliphatic rings. The standard InChI is InChI=1S/C15H9ClO2S/c16-19-11-7-5-10(6-8-11)15-9-13(17)12-3-1-2-4-14(12)18-15/h1-9H. The van der Waals surface area contributed by atoms with Gasteiger partial charge >= 0.3 is 0 Å². The van der Waals surface area contributed by atoms with Crippen molar-refractivity contribution in [1.29, 1.82) is 0 Å². The highest BCUT2D eigenvalue weighted by molar-refractivity contribution is 8.21. The second-order valence-corrected chi connectivity index (χ2v) is 5.16. The van der Waals surface area contributed by atoms with Crippen LogP contribution in [-0.4, -0.2) is 0 Å². The van der Waals surface area contributed by atoms with Crippen LogP contribution in [0, 0.1) is 0 Å². The smallest absolute Gasteiger partial charge is 0.193 e. The molecule has 19 heavy (non-hydrogen) atoms. The van der Waals surface area contributed by atoms with Gasteiger partial charge in [-0.1, -0.05) is 24.3 Å². The van der Waals surface area contributed by atoms with E-state index in [9.17, 15) is 4.79 Å². The zero-order valence-electron chi connectivity index (χ0n) is 9.80. The zero-order valence-corrected chi connectivity index (χ0v) is 11.4. The van der Waals surface area contributed by atoms with Gasteiger partial charge in [0.25, 0.3) is 0 Å². The van der Waals surface area contributed by atoms with Gasteiger partial charge in [-0.05, 0) is 45.9 Å². The Morgan fingerprint density at radius 1 is 1.00 bits per heavy atom. The van der Waals surface area contributed by atoms with E-state index >= 15 is 0 Å². The van der Waals surface area contributed by atoms with E-state index in [0.29, 0.717) is 16.7 Å². The molecule has 1 heterocycles. The van der Waals surface area contributed by atoms with Gasteiger partial charge in [-0.25, -0.2) is 0 Å². The molecule has 0 bridgehead atoms. The highest BCUT2D eigenvalue weighted by atomic mass is 35.7.